The second kappa shape index (κ2) is 10.2. The van der Waals surface area contributed by atoms with Crippen LogP contribution in [0.3, 0.4) is 0 Å². The number of rotatable bonds is 6. The number of fused-ring (bicyclic) bond motifs is 1. The maximum Gasteiger partial charge on any atom is 0.439 e. The zero-order valence-corrected chi connectivity index (χ0v) is 22.8. The lowest BCUT2D eigenvalue weighted by atomic mass is 9.83. The van der Waals surface area contributed by atoms with Crippen LogP contribution in [0.25, 0.3) is 33.8 Å². The zero-order valence-electron chi connectivity index (χ0n) is 22.0. The van der Waals surface area contributed by atoms with Gasteiger partial charge in [0.2, 0.25) is 5.82 Å². The molecule has 1 aromatic carbocycles. The van der Waals surface area contributed by atoms with Crippen molar-refractivity contribution in [1.29, 1.82) is 0 Å². The highest BCUT2D eigenvalue weighted by molar-refractivity contribution is 6.30. The van der Waals surface area contributed by atoms with Gasteiger partial charge in [-0.25, -0.2) is 23.5 Å². The van der Waals surface area contributed by atoms with Crippen LogP contribution in [0.4, 0.5) is 8.78 Å². The summed E-state index contributed by atoms with van der Waals surface area (Å²) in [6, 6.07) is 9.14. The average Bonchev–Trinajstić information content (AvgIpc) is 3.53. The number of aromatic amines is 1. The summed E-state index contributed by atoms with van der Waals surface area (Å²) in [5, 5.41) is 4.17. The van der Waals surface area contributed by atoms with Crippen molar-refractivity contribution in [2.45, 2.75) is 51.7 Å². The van der Waals surface area contributed by atoms with E-state index in [2.05, 4.69) is 22.0 Å². The molecule has 1 N–H and O–H groups in total. The van der Waals surface area contributed by atoms with E-state index in [0.717, 1.165) is 25.7 Å². The molecule has 0 saturated heterocycles. The van der Waals surface area contributed by atoms with Crippen LogP contribution in [0, 0.1) is 17.7 Å². The molecular formula is C29H27ClF2N6O2. The van der Waals surface area contributed by atoms with Gasteiger partial charge in [-0.15, -0.1) is 0 Å². The summed E-state index contributed by atoms with van der Waals surface area (Å²) >= 11 is 6.30. The lowest BCUT2D eigenvalue weighted by Crippen LogP contribution is -2.27. The predicted molar refractivity (Wildman–Crippen MR) is 147 cm³/mol. The van der Waals surface area contributed by atoms with Crippen LogP contribution in [-0.4, -0.2) is 29.7 Å². The highest BCUT2D eigenvalue weighted by atomic mass is 35.5. The molecule has 1 saturated carbocycles. The number of nitrogens with zero attached hydrogens (tertiary/aromatic N) is 5. The van der Waals surface area contributed by atoms with Crippen LogP contribution in [0.2, 0.25) is 5.02 Å². The SMILES string of the molecule is CC1CCC(Cn2c([C@@](C)(F)c3ccccc3F)nc3cc(-c4noc(=O)[nH]4)nc(-c4cncc(Cl)c4)c32)CC1. The molecule has 1 aliphatic rings. The van der Waals surface area contributed by atoms with Gasteiger partial charge < -0.3 is 4.57 Å². The molecule has 206 valence electrons. The number of hydrogen-bond donors (Lipinski definition) is 1. The molecule has 40 heavy (non-hydrogen) atoms. The molecule has 4 aromatic heterocycles. The molecule has 4 heterocycles. The van der Waals surface area contributed by atoms with E-state index in [0.29, 0.717) is 39.8 Å². The molecular weight excluding hydrogens is 538 g/mol. The molecule has 0 amide bonds. The van der Waals surface area contributed by atoms with Crippen LogP contribution < -0.4 is 5.76 Å². The molecule has 1 fully saturated rings. The van der Waals surface area contributed by atoms with Crippen molar-refractivity contribution < 1.29 is 13.3 Å². The Morgan fingerprint density at radius 1 is 1.15 bits per heavy atom. The summed E-state index contributed by atoms with van der Waals surface area (Å²) < 4.78 is 38.4. The van der Waals surface area contributed by atoms with E-state index in [1.807, 2.05) is 4.57 Å². The molecule has 0 spiro atoms. The maximum atomic E-state index is 16.9. The lowest BCUT2D eigenvalue weighted by Gasteiger charge is -2.29. The van der Waals surface area contributed by atoms with Gasteiger partial charge in [0.05, 0.1) is 21.7 Å². The summed E-state index contributed by atoms with van der Waals surface area (Å²) in [5.74, 6) is -0.317. The van der Waals surface area contributed by atoms with Crippen LogP contribution in [0.15, 0.2) is 58.1 Å². The number of benzene rings is 1. The van der Waals surface area contributed by atoms with E-state index in [1.54, 1.807) is 24.4 Å². The molecule has 5 aromatic rings. The first-order valence-electron chi connectivity index (χ1n) is 13.2. The summed E-state index contributed by atoms with van der Waals surface area (Å²) in [6.45, 7) is 4.06. The van der Waals surface area contributed by atoms with Gasteiger partial charge in [-0.1, -0.05) is 54.7 Å². The largest absolute Gasteiger partial charge is 0.439 e. The Morgan fingerprint density at radius 3 is 2.62 bits per heavy atom. The van der Waals surface area contributed by atoms with Gasteiger partial charge in [0.15, 0.2) is 11.5 Å². The van der Waals surface area contributed by atoms with Gasteiger partial charge in [-0.05, 0) is 49.8 Å². The van der Waals surface area contributed by atoms with E-state index >= 15 is 4.39 Å². The van der Waals surface area contributed by atoms with Crippen LogP contribution >= 0.6 is 11.6 Å². The van der Waals surface area contributed by atoms with E-state index in [1.165, 1.54) is 31.3 Å². The number of halogens is 3. The monoisotopic (exact) mass is 564 g/mol. The Balaban J connectivity index is 1.64. The molecule has 1 aliphatic carbocycles. The lowest BCUT2D eigenvalue weighted by molar-refractivity contribution is 0.209. The number of aromatic nitrogens is 6. The van der Waals surface area contributed by atoms with Gasteiger partial charge in [0.1, 0.15) is 11.5 Å². The van der Waals surface area contributed by atoms with Crippen molar-refractivity contribution in [1.82, 2.24) is 29.7 Å². The third-order valence-corrected chi connectivity index (χ3v) is 7.97. The maximum absolute atomic E-state index is 16.9. The van der Waals surface area contributed by atoms with E-state index in [-0.39, 0.29) is 28.8 Å². The Morgan fingerprint density at radius 2 is 1.93 bits per heavy atom. The summed E-state index contributed by atoms with van der Waals surface area (Å²) in [4.78, 5) is 28.0. The first-order valence-corrected chi connectivity index (χ1v) is 13.6. The minimum absolute atomic E-state index is 0.0649. The van der Waals surface area contributed by atoms with Crippen LogP contribution in [-0.2, 0) is 12.2 Å². The van der Waals surface area contributed by atoms with E-state index in [4.69, 9.17) is 26.1 Å². The number of H-pyrrole nitrogens is 1. The Hall–Kier alpha value is -3.92. The number of alkyl halides is 1. The van der Waals surface area contributed by atoms with Crippen LogP contribution in [0.1, 0.15) is 50.9 Å². The average molecular weight is 565 g/mol. The molecule has 8 nitrogen and oxygen atoms in total. The summed E-state index contributed by atoms with van der Waals surface area (Å²) in [6.07, 6.45) is 7.25. The van der Waals surface area contributed by atoms with Crippen molar-refractivity contribution in [3.8, 4) is 22.8 Å². The van der Waals surface area contributed by atoms with Crippen molar-refractivity contribution >= 4 is 22.6 Å². The smallest absolute Gasteiger partial charge is 0.323 e. The van der Waals surface area contributed by atoms with Crippen molar-refractivity contribution in [2.75, 3.05) is 0 Å². The highest BCUT2D eigenvalue weighted by Crippen LogP contribution is 2.41. The van der Waals surface area contributed by atoms with Crippen molar-refractivity contribution in [2.24, 2.45) is 11.8 Å². The van der Waals surface area contributed by atoms with E-state index in [9.17, 15) is 9.18 Å². The summed E-state index contributed by atoms with van der Waals surface area (Å²) in [5.41, 5.74) is -0.138. The predicted octanol–water partition coefficient (Wildman–Crippen LogP) is 6.69. The molecule has 0 aliphatic heterocycles. The van der Waals surface area contributed by atoms with Crippen molar-refractivity contribution in [3.05, 3.63) is 81.6 Å². The van der Waals surface area contributed by atoms with Gasteiger partial charge in [-0.2, -0.15) is 0 Å². The molecule has 6 rings (SSSR count). The zero-order chi connectivity index (χ0) is 28.0. The molecule has 1 atom stereocenters. The number of nitrogens with one attached hydrogen (secondary N) is 1. The van der Waals surface area contributed by atoms with Crippen molar-refractivity contribution in [3.63, 3.8) is 0 Å². The second-order valence-corrected chi connectivity index (χ2v) is 11.2. The standard InChI is InChI=1S/C29H27ClF2N6O2/c1-16-7-9-17(10-8-16)15-38-25-22(35-27(38)29(2,32)20-5-3-4-6-21(20)31)12-23(26-36-28(39)40-37-26)34-24(25)18-11-19(30)14-33-13-18/h3-6,11-14,16-17H,7-10,15H2,1-2H3,(H,36,37,39)/t16?,17?,29-/m0/s1. The second-order valence-electron chi connectivity index (χ2n) is 10.7. The fourth-order valence-corrected chi connectivity index (χ4v) is 5.80. The molecule has 0 unspecified atom stereocenters. The third-order valence-electron chi connectivity index (χ3n) is 7.76. The van der Waals surface area contributed by atoms with Crippen LogP contribution in [0.5, 0.6) is 0 Å². The topological polar surface area (TPSA) is 102 Å². The quantitative estimate of drug-likeness (QED) is 0.246. The highest BCUT2D eigenvalue weighted by Gasteiger charge is 2.38. The fourth-order valence-electron chi connectivity index (χ4n) is 5.63. The molecule has 0 radical (unpaired) electrons. The first kappa shape index (κ1) is 26.3. The normalized spacial score (nSPS) is 19.1. The number of imidazole rings is 1. The third kappa shape index (κ3) is 4.81. The Kier molecular flexibility index (Phi) is 6.74. The van der Waals surface area contributed by atoms with Gasteiger partial charge >= 0.3 is 5.76 Å². The Labute approximate surface area is 233 Å². The summed E-state index contributed by atoms with van der Waals surface area (Å²) in [7, 11) is 0. The first-order chi connectivity index (χ1) is 19.2. The van der Waals surface area contributed by atoms with E-state index < -0.39 is 17.2 Å². The number of pyridine rings is 2. The number of hydrogen-bond acceptors (Lipinski definition) is 6. The Bertz CT molecular complexity index is 1750. The minimum Gasteiger partial charge on any atom is -0.323 e. The van der Waals surface area contributed by atoms with Gasteiger partial charge in [-0.3, -0.25) is 14.5 Å². The van der Waals surface area contributed by atoms with Gasteiger partial charge in [0, 0.05) is 30.1 Å². The molecule has 0 bridgehead atoms. The molecule has 11 heteroatoms. The minimum atomic E-state index is -2.27. The van der Waals surface area contributed by atoms with Gasteiger partial charge in [0.25, 0.3) is 0 Å². The fraction of sp³-hybridized carbons (Fsp3) is 0.345.